The molecule has 17 nitrogen and oxygen atoms in total. The second-order valence-corrected chi connectivity index (χ2v) is 30.9. The van der Waals surface area contributed by atoms with Crippen LogP contribution in [0.15, 0.2) is 0 Å². The number of unbranched alkanes of at least 4 members (excludes halogenated alkanes) is 35. The Balaban J connectivity index is 5.27. The quantitative estimate of drug-likeness (QED) is 0.0222. The van der Waals surface area contributed by atoms with Crippen LogP contribution in [0.2, 0.25) is 0 Å². The maximum Gasteiger partial charge on any atom is 0.472 e. The number of rotatable bonds is 70. The van der Waals surface area contributed by atoms with Crippen molar-refractivity contribution >= 4 is 39.5 Å². The predicted octanol–water partition coefficient (Wildman–Crippen LogP) is 20.9. The number of esters is 4. The minimum atomic E-state index is -4.96. The molecule has 0 aromatic rings. The van der Waals surface area contributed by atoms with E-state index in [0.717, 1.165) is 114 Å². The number of carbonyl (C=O) groups is 4. The third-order valence-electron chi connectivity index (χ3n) is 17.2. The Morgan fingerprint density at radius 3 is 0.772 bits per heavy atom. The molecule has 0 radical (unpaired) electrons. The zero-order valence-corrected chi connectivity index (χ0v) is 62.0. The lowest BCUT2D eigenvalue weighted by molar-refractivity contribution is -0.161. The Morgan fingerprint density at radius 1 is 0.304 bits per heavy atom. The maximum atomic E-state index is 13.1. The summed E-state index contributed by atoms with van der Waals surface area (Å²) in [5, 5.41) is 10.6. The predicted molar refractivity (Wildman–Crippen MR) is 372 cm³/mol. The lowest BCUT2D eigenvalue weighted by atomic mass is 9.99. The molecule has 0 saturated heterocycles. The second kappa shape index (κ2) is 62.6. The van der Waals surface area contributed by atoms with E-state index in [1.54, 1.807) is 0 Å². The molecule has 0 fully saturated rings. The molecule has 0 spiro atoms. The van der Waals surface area contributed by atoms with Gasteiger partial charge in [-0.25, -0.2) is 9.13 Å². The minimum Gasteiger partial charge on any atom is -0.462 e. The van der Waals surface area contributed by atoms with E-state index in [1.165, 1.54) is 167 Å². The molecule has 6 atom stereocenters. The Bertz CT molecular complexity index is 1820. The smallest absolute Gasteiger partial charge is 0.462 e. The van der Waals surface area contributed by atoms with Crippen molar-refractivity contribution in [2.24, 2.45) is 23.7 Å². The maximum absolute atomic E-state index is 13.1. The normalized spacial score (nSPS) is 14.5. The van der Waals surface area contributed by atoms with E-state index in [0.29, 0.717) is 25.7 Å². The standard InChI is InChI=1S/C73H142O17P2/c1-9-66(8)52-44-36-28-22-24-30-38-46-54-71(76)84-60-69(89-72(77)55-47-39-31-19-14-12-10-11-13-17-25-33-41-49-63(2)3)62-88-92(81,82)86-58-67(74)57-85-91(79,80)87-61-68(59-83-70(75)53-45-37-29-23-21-27-35-43-51-65(6)7)90-73(78)56-48-40-32-20-16-15-18-26-34-42-50-64(4)5/h63-69,74H,9-62H2,1-8H3,(H,79,80)(H,81,82)/t66?,67?,68-,69-/m1/s1. The van der Waals surface area contributed by atoms with Crippen LogP contribution in [0.1, 0.15) is 364 Å². The number of phosphoric acid groups is 2. The summed E-state index contributed by atoms with van der Waals surface area (Å²) in [5.41, 5.74) is 0. The first-order chi connectivity index (χ1) is 44.1. The monoisotopic (exact) mass is 1350 g/mol. The number of aliphatic hydroxyl groups excluding tert-OH is 1. The molecule has 0 aliphatic carbocycles. The Kier molecular flexibility index (Phi) is 61.3. The van der Waals surface area contributed by atoms with E-state index in [2.05, 4.69) is 55.4 Å². The molecule has 4 unspecified atom stereocenters. The molecule has 0 saturated carbocycles. The van der Waals surface area contributed by atoms with Crippen LogP contribution in [0, 0.1) is 23.7 Å². The van der Waals surface area contributed by atoms with Gasteiger partial charge in [0.1, 0.15) is 19.3 Å². The molecule has 546 valence electrons. The SMILES string of the molecule is CCC(C)CCCCCCCCCCC(=O)OC[C@H](COP(=O)(O)OCC(O)COP(=O)(O)OC[C@@H](COC(=O)CCCCCCCCCCC(C)C)OC(=O)CCCCCCCCCCCCC(C)C)OC(=O)CCCCCCCCCCCCCCCC(C)C. The van der Waals surface area contributed by atoms with Crippen LogP contribution < -0.4 is 0 Å². The Labute approximate surface area is 562 Å². The molecule has 0 aliphatic heterocycles. The second-order valence-electron chi connectivity index (χ2n) is 28.0. The van der Waals surface area contributed by atoms with Crippen LogP contribution >= 0.6 is 15.6 Å². The lowest BCUT2D eigenvalue weighted by Gasteiger charge is -2.21. The lowest BCUT2D eigenvalue weighted by Crippen LogP contribution is -2.30. The summed E-state index contributed by atoms with van der Waals surface area (Å²) in [6.07, 6.45) is 45.7. The average Bonchev–Trinajstić information content (AvgIpc) is 3.08. The number of phosphoric ester groups is 2. The third-order valence-corrected chi connectivity index (χ3v) is 19.1. The highest BCUT2D eigenvalue weighted by atomic mass is 31.2. The molecule has 0 aromatic heterocycles. The van der Waals surface area contributed by atoms with Gasteiger partial charge in [0.05, 0.1) is 26.4 Å². The molecule has 0 amide bonds. The van der Waals surface area contributed by atoms with Crippen molar-refractivity contribution in [2.45, 2.75) is 382 Å². The molecule has 92 heavy (non-hydrogen) atoms. The number of carbonyl (C=O) groups excluding carboxylic acids is 4. The van der Waals surface area contributed by atoms with Crippen molar-refractivity contribution in [1.29, 1.82) is 0 Å². The number of ether oxygens (including phenoxy) is 4. The third kappa shape index (κ3) is 65.4. The van der Waals surface area contributed by atoms with Gasteiger partial charge < -0.3 is 33.8 Å². The summed E-state index contributed by atoms with van der Waals surface area (Å²) in [6, 6.07) is 0. The van der Waals surface area contributed by atoms with Crippen molar-refractivity contribution in [3.8, 4) is 0 Å². The van der Waals surface area contributed by atoms with E-state index in [1.807, 2.05) is 0 Å². The summed E-state index contributed by atoms with van der Waals surface area (Å²) in [6.45, 7) is 14.2. The van der Waals surface area contributed by atoms with Gasteiger partial charge in [0.25, 0.3) is 0 Å². The molecule has 0 bridgehead atoms. The topological polar surface area (TPSA) is 237 Å². The fourth-order valence-corrected chi connectivity index (χ4v) is 12.6. The fraction of sp³-hybridized carbons (Fsp3) is 0.945. The minimum absolute atomic E-state index is 0.105. The van der Waals surface area contributed by atoms with Gasteiger partial charge in [-0.05, 0) is 49.4 Å². The van der Waals surface area contributed by atoms with Crippen molar-refractivity contribution in [1.82, 2.24) is 0 Å². The van der Waals surface area contributed by atoms with Gasteiger partial charge in [0, 0.05) is 25.7 Å². The van der Waals surface area contributed by atoms with E-state index < -0.39 is 97.5 Å². The molecule has 0 aromatic carbocycles. The van der Waals surface area contributed by atoms with E-state index in [4.69, 9.17) is 37.0 Å². The zero-order chi connectivity index (χ0) is 68.2. The van der Waals surface area contributed by atoms with Crippen LogP contribution in [0.3, 0.4) is 0 Å². The van der Waals surface area contributed by atoms with Crippen LogP contribution in [0.4, 0.5) is 0 Å². The average molecular weight is 1350 g/mol. The van der Waals surface area contributed by atoms with Crippen molar-refractivity contribution in [3.63, 3.8) is 0 Å². The van der Waals surface area contributed by atoms with Gasteiger partial charge in [-0.1, -0.05) is 312 Å². The van der Waals surface area contributed by atoms with Gasteiger partial charge in [-0.3, -0.25) is 37.3 Å². The number of hydrogen-bond acceptors (Lipinski definition) is 15. The van der Waals surface area contributed by atoms with Crippen molar-refractivity contribution in [3.05, 3.63) is 0 Å². The highest BCUT2D eigenvalue weighted by Crippen LogP contribution is 2.45. The summed E-state index contributed by atoms with van der Waals surface area (Å²) in [5.74, 6) is 0.917. The Morgan fingerprint density at radius 2 is 0.522 bits per heavy atom. The molecule has 19 heteroatoms. The van der Waals surface area contributed by atoms with E-state index in [9.17, 15) is 43.2 Å². The first-order valence-corrected chi connectivity index (χ1v) is 40.7. The zero-order valence-electron chi connectivity index (χ0n) is 60.2. The molecular formula is C73H142O17P2. The van der Waals surface area contributed by atoms with Crippen molar-refractivity contribution < 1.29 is 80.2 Å². The highest BCUT2D eigenvalue weighted by Gasteiger charge is 2.30. The summed E-state index contributed by atoms with van der Waals surface area (Å²) in [4.78, 5) is 72.7. The van der Waals surface area contributed by atoms with Gasteiger partial charge >= 0.3 is 39.5 Å². The summed E-state index contributed by atoms with van der Waals surface area (Å²) in [7, 11) is -9.91. The fourth-order valence-electron chi connectivity index (χ4n) is 11.0. The van der Waals surface area contributed by atoms with Crippen LogP contribution in [0.5, 0.6) is 0 Å². The first-order valence-electron chi connectivity index (χ1n) is 37.7. The molecule has 0 heterocycles. The van der Waals surface area contributed by atoms with Gasteiger partial charge in [0.15, 0.2) is 12.2 Å². The van der Waals surface area contributed by atoms with E-state index >= 15 is 0 Å². The number of aliphatic hydroxyl groups is 1. The molecule has 0 rings (SSSR count). The molecule has 3 N–H and O–H groups in total. The molecular weight excluding hydrogens is 1210 g/mol. The largest absolute Gasteiger partial charge is 0.472 e. The van der Waals surface area contributed by atoms with Crippen LogP contribution in [-0.4, -0.2) is 96.7 Å². The van der Waals surface area contributed by atoms with Gasteiger partial charge in [0.2, 0.25) is 0 Å². The summed E-state index contributed by atoms with van der Waals surface area (Å²) >= 11 is 0. The van der Waals surface area contributed by atoms with Gasteiger partial charge in [-0.2, -0.15) is 0 Å². The first kappa shape index (κ1) is 90.1. The van der Waals surface area contributed by atoms with Crippen LogP contribution in [-0.2, 0) is 65.4 Å². The highest BCUT2D eigenvalue weighted by molar-refractivity contribution is 7.47. The van der Waals surface area contributed by atoms with Crippen LogP contribution in [0.25, 0.3) is 0 Å². The Hall–Kier alpha value is -1.94. The number of hydrogen-bond donors (Lipinski definition) is 3. The van der Waals surface area contributed by atoms with Gasteiger partial charge in [-0.15, -0.1) is 0 Å². The van der Waals surface area contributed by atoms with E-state index in [-0.39, 0.29) is 25.7 Å². The molecule has 0 aliphatic rings. The van der Waals surface area contributed by atoms with Crippen molar-refractivity contribution in [2.75, 3.05) is 39.6 Å². The summed E-state index contributed by atoms with van der Waals surface area (Å²) < 4.78 is 68.4.